The monoisotopic (exact) mass is 224 g/mol. The van der Waals surface area contributed by atoms with Crippen molar-refractivity contribution in [1.82, 2.24) is 10.6 Å². The molecule has 3 atom stereocenters. The van der Waals surface area contributed by atoms with E-state index in [9.17, 15) is 4.79 Å². The van der Waals surface area contributed by atoms with E-state index in [1.54, 1.807) is 0 Å². The van der Waals surface area contributed by atoms with Crippen LogP contribution in [-0.4, -0.2) is 25.0 Å². The van der Waals surface area contributed by atoms with Crippen LogP contribution in [0.25, 0.3) is 0 Å². The molecule has 2 N–H and O–H groups in total. The molecule has 0 bridgehead atoms. The molecule has 1 aliphatic carbocycles. The molecule has 2 fully saturated rings. The summed E-state index contributed by atoms with van der Waals surface area (Å²) in [4.78, 5) is 11.7. The van der Waals surface area contributed by atoms with Crippen molar-refractivity contribution < 1.29 is 4.79 Å². The lowest BCUT2D eigenvalue weighted by Crippen LogP contribution is -2.44. The Morgan fingerprint density at radius 2 is 2.12 bits per heavy atom. The van der Waals surface area contributed by atoms with Crippen LogP contribution in [0.1, 0.15) is 45.4 Å². The van der Waals surface area contributed by atoms with E-state index < -0.39 is 0 Å². The molecule has 2 aliphatic rings. The van der Waals surface area contributed by atoms with Crippen LogP contribution >= 0.6 is 0 Å². The zero-order chi connectivity index (χ0) is 11.4. The van der Waals surface area contributed by atoms with Gasteiger partial charge in [0.25, 0.3) is 0 Å². The molecule has 1 heterocycles. The molecule has 3 heteroatoms. The number of nitrogens with one attached hydrogen (secondary N) is 2. The maximum Gasteiger partial charge on any atom is 0.237 e. The van der Waals surface area contributed by atoms with Crippen molar-refractivity contribution in [3.63, 3.8) is 0 Å². The summed E-state index contributed by atoms with van der Waals surface area (Å²) in [5, 5.41) is 6.45. The summed E-state index contributed by atoms with van der Waals surface area (Å²) in [7, 11) is 0. The third kappa shape index (κ3) is 2.97. The van der Waals surface area contributed by atoms with Crippen LogP contribution in [0.2, 0.25) is 0 Å². The molecule has 3 nitrogen and oxygen atoms in total. The number of amides is 1. The summed E-state index contributed by atoms with van der Waals surface area (Å²) in [6.07, 6.45) is 7.36. The maximum absolute atomic E-state index is 11.7. The highest BCUT2D eigenvalue weighted by Gasteiger charge is 2.26. The van der Waals surface area contributed by atoms with Gasteiger partial charge in [-0.3, -0.25) is 4.79 Å². The van der Waals surface area contributed by atoms with E-state index in [0.29, 0.717) is 0 Å². The molecule has 3 unspecified atom stereocenters. The van der Waals surface area contributed by atoms with E-state index in [0.717, 1.165) is 44.2 Å². The van der Waals surface area contributed by atoms with Gasteiger partial charge >= 0.3 is 0 Å². The van der Waals surface area contributed by atoms with Crippen molar-refractivity contribution in [3.05, 3.63) is 0 Å². The zero-order valence-corrected chi connectivity index (χ0v) is 10.3. The van der Waals surface area contributed by atoms with Gasteiger partial charge in [0.2, 0.25) is 5.91 Å². The van der Waals surface area contributed by atoms with Gasteiger partial charge in [-0.1, -0.05) is 19.8 Å². The van der Waals surface area contributed by atoms with Gasteiger partial charge in [0, 0.05) is 6.54 Å². The number of carbonyl (C=O) groups is 1. The third-order valence-electron chi connectivity index (χ3n) is 4.20. The van der Waals surface area contributed by atoms with Crippen molar-refractivity contribution in [2.45, 2.75) is 51.5 Å². The number of carbonyl (C=O) groups excluding carboxylic acids is 1. The maximum atomic E-state index is 11.7. The first kappa shape index (κ1) is 11.9. The van der Waals surface area contributed by atoms with E-state index in [1.807, 2.05) is 0 Å². The van der Waals surface area contributed by atoms with Crippen LogP contribution in [-0.2, 0) is 4.79 Å². The molecule has 1 amide bonds. The third-order valence-corrected chi connectivity index (χ3v) is 4.20. The minimum atomic E-state index is 0.0651. The van der Waals surface area contributed by atoms with E-state index in [4.69, 9.17) is 0 Å². The molecule has 2 rings (SSSR count). The second-order valence-corrected chi connectivity index (χ2v) is 5.42. The summed E-state index contributed by atoms with van der Waals surface area (Å²) >= 11 is 0. The van der Waals surface area contributed by atoms with Gasteiger partial charge in [-0.15, -0.1) is 0 Å². The van der Waals surface area contributed by atoms with Gasteiger partial charge in [0.15, 0.2) is 0 Å². The number of rotatable bonds is 3. The first-order valence-electron chi connectivity index (χ1n) is 6.78. The molecule has 1 saturated carbocycles. The summed E-state index contributed by atoms with van der Waals surface area (Å²) in [6.45, 7) is 4.22. The van der Waals surface area contributed by atoms with E-state index in [2.05, 4.69) is 17.6 Å². The highest BCUT2D eigenvalue weighted by Crippen LogP contribution is 2.30. The van der Waals surface area contributed by atoms with E-state index in [1.165, 1.54) is 19.3 Å². The van der Waals surface area contributed by atoms with Crippen LogP contribution in [0.15, 0.2) is 0 Å². The summed E-state index contributed by atoms with van der Waals surface area (Å²) in [5.74, 6) is 1.83. The normalized spacial score (nSPS) is 35.8. The fourth-order valence-electron chi connectivity index (χ4n) is 2.95. The molecule has 92 valence electrons. The Labute approximate surface area is 98.4 Å². The van der Waals surface area contributed by atoms with Gasteiger partial charge in [0.05, 0.1) is 6.04 Å². The topological polar surface area (TPSA) is 41.1 Å². The first-order valence-corrected chi connectivity index (χ1v) is 6.78. The van der Waals surface area contributed by atoms with Crippen LogP contribution in [0.5, 0.6) is 0 Å². The lowest BCUT2D eigenvalue weighted by atomic mass is 9.97. The summed E-state index contributed by atoms with van der Waals surface area (Å²) in [5.41, 5.74) is 0. The van der Waals surface area contributed by atoms with Gasteiger partial charge in [-0.05, 0) is 44.1 Å². The largest absolute Gasteiger partial charge is 0.355 e. The van der Waals surface area contributed by atoms with Crippen LogP contribution in [0.4, 0.5) is 0 Å². The number of hydrogen-bond donors (Lipinski definition) is 2. The zero-order valence-electron chi connectivity index (χ0n) is 10.3. The van der Waals surface area contributed by atoms with Gasteiger partial charge in [-0.2, -0.15) is 0 Å². The van der Waals surface area contributed by atoms with E-state index in [-0.39, 0.29) is 11.9 Å². The smallest absolute Gasteiger partial charge is 0.237 e. The molecule has 0 radical (unpaired) electrons. The Morgan fingerprint density at radius 1 is 1.25 bits per heavy atom. The SMILES string of the molecule is CC1CCCC1CNC1CCCCNC1=O. The van der Waals surface area contributed by atoms with Crippen molar-refractivity contribution in [2.24, 2.45) is 11.8 Å². The second kappa shape index (κ2) is 5.67. The average Bonchev–Trinajstić information content (AvgIpc) is 2.56. The molecule has 0 aromatic rings. The molecule has 0 spiro atoms. The highest BCUT2D eigenvalue weighted by atomic mass is 16.2. The Balaban J connectivity index is 1.77. The fraction of sp³-hybridized carbons (Fsp3) is 0.923. The second-order valence-electron chi connectivity index (χ2n) is 5.42. The van der Waals surface area contributed by atoms with Crippen molar-refractivity contribution in [2.75, 3.05) is 13.1 Å². The average molecular weight is 224 g/mol. The molecule has 0 aromatic carbocycles. The molecule has 16 heavy (non-hydrogen) atoms. The summed E-state index contributed by atoms with van der Waals surface area (Å²) < 4.78 is 0. The Morgan fingerprint density at radius 3 is 2.88 bits per heavy atom. The van der Waals surface area contributed by atoms with Crippen molar-refractivity contribution >= 4 is 5.91 Å². The Hall–Kier alpha value is -0.570. The lowest BCUT2D eigenvalue weighted by molar-refractivity contribution is -0.122. The molecule has 1 aliphatic heterocycles. The minimum Gasteiger partial charge on any atom is -0.355 e. The predicted molar refractivity (Wildman–Crippen MR) is 65.2 cm³/mol. The fourth-order valence-corrected chi connectivity index (χ4v) is 2.95. The van der Waals surface area contributed by atoms with Crippen LogP contribution in [0, 0.1) is 11.8 Å². The van der Waals surface area contributed by atoms with Crippen LogP contribution in [0.3, 0.4) is 0 Å². The minimum absolute atomic E-state index is 0.0651. The molecule has 0 aromatic heterocycles. The summed E-state index contributed by atoms with van der Waals surface area (Å²) in [6, 6.07) is 0.0651. The highest BCUT2D eigenvalue weighted by molar-refractivity contribution is 5.81. The van der Waals surface area contributed by atoms with Gasteiger partial charge in [-0.25, -0.2) is 0 Å². The molecular formula is C13H24N2O. The van der Waals surface area contributed by atoms with Crippen LogP contribution < -0.4 is 10.6 Å². The van der Waals surface area contributed by atoms with Crippen molar-refractivity contribution in [3.8, 4) is 0 Å². The Bertz CT molecular complexity index is 242. The number of hydrogen-bond acceptors (Lipinski definition) is 2. The first-order chi connectivity index (χ1) is 7.77. The quantitative estimate of drug-likeness (QED) is 0.766. The van der Waals surface area contributed by atoms with E-state index >= 15 is 0 Å². The standard InChI is InChI=1S/C13H24N2O/c1-10-5-4-6-11(10)9-15-12-7-2-3-8-14-13(12)16/h10-12,15H,2-9H2,1H3,(H,14,16). The molecule has 1 saturated heterocycles. The predicted octanol–water partition coefficient (Wildman–Crippen LogP) is 1.68. The Kier molecular flexibility index (Phi) is 4.22. The lowest BCUT2D eigenvalue weighted by Gasteiger charge is -2.20. The van der Waals surface area contributed by atoms with Gasteiger partial charge < -0.3 is 10.6 Å². The van der Waals surface area contributed by atoms with Gasteiger partial charge in [0.1, 0.15) is 0 Å². The van der Waals surface area contributed by atoms with Crippen molar-refractivity contribution in [1.29, 1.82) is 0 Å². The molecular weight excluding hydrogens is 200 g/mol.